The predicted octanol–water partition coefficient (Wildman–Crippen LogP) is 1.47. The van der Waals surface area contributed by atoms with Crippen LogP contribution in [0.15, 0.2) is 18.2 Å². The molecule has 0 spiro atoms. The van der Waals surface area contributed by atoms with Crippen LogP contribution in [0.25, 0.3) is 0 Å². The van der Waals surface area contributed by atoms with E-state index in [1.807, 2.05) is 12.1 Å². The van der Waals surface area contributed by atoms with Gasteiger partial charge < -0.3 is 16.2 Å². The van der Waals surface area contributed by atoms with E-state index in [1.165, 1.54) is 0 Å². The first-order chi connectivity index (χ1) is 7.69. The second kappa shape index (κ2) is 4.03. The largest absolute Gasteiger partial charge is 0.398 e. The van der Waals surface area contributed by atoms with E-state index < -0.39 is 0 Å². The van der Waals surface area contributed by atoms with Gasteiger partial charge in [-0.15, -0.1) is 0 Å². The molecule has 4 N–H and O–H groups in total. The Labute approximate surface area is 94.7 Å². The number of anilines is 2. The van der Waals surface area contributed by atoms with Gasteiger partial charge in [0.05, 0.1) is 23.4 Å². The summed E-state index contributed by atoms with van der Waals surface area (Å²) in [5.74, 6) is 0. The Hall–Kier alpha value is -1.73. The van der Waals surface area contributed by atoms with Gasteiger partial charge in [-0.3, -0.25) is 0 Å². The molecule has 0 saturated heterocycles. The van der Waals surface area contributed by atoms with Gasteiger partial charge in [-0.05, 0) is 37.5 Å². The molecule has 4 heteroatoms. The minimum atomic E-state index is -0.180. The standard InChI is InChI=1S/C12H15N3O/c13-7-9-2-3-10(6-11(9)14)15-12(8-16)4-1-5-12/h2-3,6,15-16H,1,4-5,8,14H2. The molecule has 1 aromatic carbocycles. The van der Waals surface area contributed by atoms with Crippen LogP contribution in [0.5, 0.6) is 0 Å². The van der Waals surface area contributed by atoms with E-state index in [0.717, 1.165) is 24.9 Å². The van der Waals surface area contributed by atoms with Crippen LogP contribution >= 0.6 is 0 Å². The molecule has 0 unspecified atom stereocenters. The fourth-order valence-electron chi connectivity index (χ4n) is 1.97. The van der Waals surface area contributed by atoms with Crippen LogP contribution in [0.3, 0.4) is 0 Å². The van der Waals surface area contributed by atoms with E-state index >= 15 is 0 Å². The quantitative estimate of drug-likeness (QED) is 0.669. The number of hydrogen-bond acceptors (Lipinski definition) is 4. The molecule has 0 radical (unpaired) electrons. The topological polar surface area (TPSA) is 82.1 Å². The third-order valence-corrected chi connectivity index (χ3v) is 3.19. The van der Waals surface area contributed by atoms with Gasteiger partial charge in [0.15, 0.2) is 0 Å². The van der Waals surface area contributed by atoms with Gasteiger partial charge in [-0.2, -0.15) is 5.26 Å². The van der Waals surface area contributed by atoms with Crippen LogP contribution in [-0.4, -0.2) is 17.3 Å². The first-order valence-electron chi connectivity index (χ1n) is 5.38. The molecule has 0 heterocycles. The molecule has 1 aliphatic carbocycles. The summed E-state index contributed by atoms with van der Waals surface area (Å²) in [6, 6.07) is 7.29. The Kier molecular flexibility index (Phi) is 2.71. The monoisotopic (exact) mass is 217 g/mol. The number of nitriles is 1. The summed E-state index contributed by atoms with van der Waals surface area (Å²) in [7, 11) is 0. The number of nitrogens with zero attached hydrogens (tertiary/aromatic N) is 1. The highest BCUT2D eigenvalue weighted by Gasteiger charge is 2.36. The molecule has 1 saturated carbocycles. The first kappa shape index (κ1) is 10.8. The second-order valence-corrected chi connectivity index (χ2v) is 4.33. The summed E-state index contributed by atoms with van der Waals surface area (Å²) >= 11 is 0. The summed E-state index contributed by atoms with van der Waals surface area (Å²) in [5.41, 5.74) is 7.37. The molecule has 84 valence electrons. The Morgan fingerprint density at radius 3 is 2.69 bits per heavy atom. The predicted molar refractivity (Wildman–Crippen MR) is 62.9 cm³/mol. The van der Waals surface area contributed by atoms with Crippen LogP contribution < -0.4 is 11.1 Å². The average molecular weight is 217 g/mol. The van der Waals surface area contributed by atoms with E-state index in [2.05, 4.69) is 5.32 Å². The molecule has 4 nitrogen and oxygen atoms in total. The number of nitrogens with two attached hydrogens (primary N) is 1. The number of nitrogen functional groups attached to an aromatic ring is 1. The van der Waals surface area contributed by atoms with Gasteiger partial charge in [0.1, 0.15) is 6.07 Å². The van der Waals surface area contributed by atoms with Gasteiger partial charge in [0.2, 0.25) is 0 Å². The third-order valence-electron chi connectivity index (χ3n) is 3.19. The Morgan fingerprint density at radius 2 is 2.25 bits per heavy atom. The van der Waals surface area contributed by atoms with Crippen molar-refractivity contribution in [2.45, 2.75) is 24.8 Å². The molecule has 2 rings (SSSR count). The fraction of sp³-hybridized carbons (Fsp3) is 0.417. The molecule has 0 amide bonds. The second-order valence-electron chi connectivity index (χ2n) is 4.33. The maximum atomic E-state index is 9.32. The van der Waals surface area contributed by atoms with Crippen molar-refractivity contribution in [3.8, 4) is 6.07 Å². The highest BCUT2D eigenvalue weighted by molar-refractivity contribution is 5.63. The van der Waals surface area contributed by atoms with Crippen molar-refractivity contribution in [2.75, 3.05) is 17.7 Å². The van der Waals surface area contributed by atoms with Gasteiger partial charge in [0, 0.05) is 5.69 Å². The summed E-state index contributed by atoms with van der Waals surface area (Å²) in [5, 5.41) is 21.4. The van der Waals surface area contributed by atoms with E-state index in [0.29, 0.717) is 11.3 Å². The summed E-state index contributed by atoms with van der Waals surface area (Å²) in [4.78, 5) is 0. The van der Waals surface area contributed by atoms with Crippen molar-refractivity contribution in [1.29, 1.82) is 5.26 Å². The molecular weight excluding hydrogens is 202 g/mol. The zero-order chi connectivity index (χ0) is 11.6. The molecule has 1 aromatic rings. The minimum absolute atomic E-state index is 0.132. The molecule has 1 aliphatic rings. The van der Waals surface area contributed by atoms with Gasteiger partial charge >= 0.3 is 0 Å². The molecule has 16 heavy (non-hydrogen) atoms. The van der Waals surface area contributed by atoms with E-state index in [-0.39, 0.29) is 12.1 Å². The van der Waals surface area contributed by atoms with E-state index in [4.69, 9.17) is 11.0 Å². The fourth-order valence-corrected chi connectivity index (χ4v) is 1.97. The molecule has 0 aromatic heterocycles. The normalized spacial score (nSPS) is 17.2. The van der Waals surface area contributed by atoms with Crippen molar-refractivity contribution in [3.63, 3.8) is 0 Å². The average Bonchev–Trinajstić information content (AvgIpc) is 2.24. The molecule has 0 atom stereocenters. The van der Waals surface area contributed by atoms with Crippen molar-refractivity contribution in [1.82, 2.24) is 0 Å². The van der Waals surface area contributed by atoms with Gasteiger partial charge in [-0.1, -0.05) is 0 Å². The highest BCUT2D eigenvalue weighted by atomic mass is 16.3. The zero-order valence-electron chi connectivity index (χ0n) is 9.03. The maximum Gasteiger partial charge on any atom is 0.101 e. The smallest absolute Gasteiger partial charge is 0.101 e. The molecule has 0 bridgehead atoms. The maximum absolute atomic E-state index is 9.32. The first-order valence-corrected chi connectivity index (χ1v) is 5.38. The minimum Gasteiger partial charge on any atom is -0.398 e. The lowest BCUT2D eigenvalue weighted by Crippen LogP contribution is -2.48. The van der Waals surface area contributed by atoms with E-state index in [1.54, 1.807) is 12.1 Å². The summed E-state index contributed by atoms with van der Waals surface area (Å²) in [6.45, 7) is 0.132. The van der Waals surface area contributed by atoms with Crippen molar-refractivity contribution < 1.29 is 5.11 Å². The zero-order valence-corrected chi connectivity index (χ0v) is 9.03. The lowest BCUT2D eigenvalue weighted by molar-refractivity contribution is 0.144. The number of aliphatic hydroxyl groups excluding tert-OH is 1. The van der Waals surface area contributed by atoms with Crippen LogP contribution in [0.4, 0.5) is 11.4 Å². The van der Waals surface area contributed by atoms with Crippen molar-refractivity contribution in [2.24, 2.45) is 0 Å². The number of benzene rings is 1. The van der Waals surface area contributed by atoms with Crippen LogP contribution in [-0.2, 0) is 0 Å². The third kappa shape index (κ3) is 1.82. The Morgan fingerprint density at radius 1 is 1.50 bits per heavy atom. The summed E-state index contributed by atoms with van der Waals surface area (Å²) < 4.78 is 0. The SMILES string of the molecule is N#Cc1ccc(NC2(CO)CCC2)cc1N. The lowest BCUT2D eigenvalue weighted by Gasteiger charge is -2.41. The number of rotatable bonds is 3. The van der Waals surface area contributed by atoms with Gasteiger partial charge in [-0.25, -0.2) is 0 Å². The number of nitrogens with one attached hydrogen (secondary N) is 1. The molecule has 1 fully saturated rings. The molecule has 0 aliphatic heterocycles. The van der Waals surface area contributed by atoms with Crippen molar-refractivity contribution in [3.05, 3.63) is 23.8 Å². The van der Waals surface area contributed by atoms with Crippen molar-refractivity contribution >= 4 is 11.4 Å². The molecular formula is C12H15N3O. The number of hydrogen-bond donors (Lipinski definition) is 3. The highest BCUT2D eigenvalue weighted by Crippen LogP contribution is 2.35. The summed E-state index contributed by atoms with van der Waals surface area (Å²) in [6.07, 6.45) is 3.09. The Bertz CT molecular complexity index is 427. The number of aliphatic hydroxyl groups is 1. The van der Waals surface area contributed by atoms with E-state index in [9.17, 15) is 5.11 Å². The van der Waals surface area contributed by atoms with Gasteiger partial charge in [0.25, 0.3) is 0 Å². The Balaban J connectivity index is 2.16. The lowest BCUT2D eigenvalue weighted by atomic mass is 9.77. The van der Waals surface area contributed by atoms with Crippen LogP contribution in [0.1, 0.15) is 24.8 Å². The van der Waals surface area contributed by atoms with Crippen LogP contribution in [0, 0.1) is 11.3 Å². The van der Waals surface area contributed by atoms with Crippen LogP contribution in [0.2, 0.25) is 0 Å².